The lowest BCUT2D eigenvalue weighted by molar-refractivity contribution is 0.102. The first-order valence-electron chi connectivity index (χ1n) is 4.92. The molecule has 2 aromatic rings. The fraction of sp³-hybridized carbons (Fsp3) is 0.0909. The molecule has 2 N–H and O–H groups in total. The second kappa shape index (κ2) is 4.56. The first kappa shape index (κ1) is 11.0. The number of nitrogens with one attached hydrogen (secondary N) is 1. The molecule has 0 fully saturated rings. The van der Waals surface area contributed by atoms with Crippen molar-refractivity contribution in [2.45, 2.75) is 6.92 Å². The van der Waals surface area contributed by atoms with Crippen LogP contribution in [0.3, 0.4) is 0 Å². The van der Waals surface area contributed by atoms with E-state index >= 15 is 0 Å². The average molecular weight is 230 g/mol. The molecule has 0 saturated carbocycles. The van der Waals surface area contributed by atoms with Crippen molar-refractivity contribution in [2.75, 3.05) is 5.32 Å². The number of hydrogen-bond donors (Lipinski definition) is 2. The smallest absolute Gasteiger partial charge is 0.275 e. The number of anilines is 1. The molecule has 0 aliphatic carbocycles. The molecule has 0 aliphatic rings. The van der Waals surface area contributed by atoms with E-state index in [0.29, 0.717) is 5.82 Å². The topological polar surface area (TPSA) is 88.0 Å². The third-order valence-electron chi connectivity index (χ3n) is 2.03. The Hall–Kier alpha value is -2.50. The molecule has 2 rings (SSSR count). The van der Waals surface area contributed by atoms with E-state index in [1.54, 1.807) is 13.0 Å². The number of aryl methyl sites for hydroxylation is 1. The third kappa shape index (κ3) is 2.54. The van der Waals surface area contributed by atoms with Crippen LogP contribution in [0, 0.1) is 6.92 Å². The van der Waals surface area contributed by atoms with Crippen molar-refractivity contribution in [3.05, 3.63) is 42.1 Å². The minimum absolute atomic E-state index is 0.0911. The van der Waals surface area contributed by atoms with Crippen LogP contribution in [0.15, 0.2) is 30.6 Å². The summed E-state index contributed by atoms with van der Waals surface area (Å²) in [4.78, 5) is 23.5. The van der Waals surface area contributed by atoms with Crippen LogP contribution in [0.5, 0.6) is 5.75 Å². The van der Waals surface area contributed by atoms with Gasteiger partial charge in [0.15, 0.2) is 11.6 Å². The van der Waals surface area contributed by atoms with E-state index in [9.17, 15) is 9.90 Å². The molecule has 0 unspecified atom stereocenters. The highest BCUT2D eigenvalue weighted by Gasteiger charge is 2.10. The Balaban J connectivity index is 2.20. The second-order valence-corrected chi connectivity index (χ2v) is 3.31. The largest absolute Gasteiger partial charge is 0.504 e. The summed E-state index contributed by atoms with van der Waals surface area (Å²) >= 11 is 0. The number of aromatic hydroxyl groups is 1. The Morgan fingerprint density at radius 2 is 2.12 bits per heavy atom. The third-order valence-corrected chi connectivity index (χ3v) is 2.03. The molecule has 0 bridgehead atoms. The van der Waals surface area contributed by atoms with Gasteiger partial charge in [0.25, 0.3) is 5.91 Å². The number of hydrogen-bond acceptors (Lipinski definition) is 5. The maximum Gasteiger partial charge on any atom is 0.275 e. The van der Waals surface area contributed by atoms with Gasteiger partial charge in [-0.25, -0.2) is 15.0 Å². The lowest BCUT2D eigenvalue weighted by atomic mass is 10.3. The normalized spacial score (nSPS) is 9.94. The second-order valence-electron chi connectivity index (χ2n) is 3.31. The molecule has 6 heteroatoms. The Bertz CT molecular complexity index is 557. The molecule has 0 saturated heterocycles. The zero-order valence-corrected chi connectivity index (χ0v) is 9.08. The lowest BCUT2D eigenvalue weighted by Gasteiger charge is -2.05. The molecular weight excluding hydrogens is 220 g/mol. The number of aromatic nitrogens is 3. The summed E-state index contributed by atoms with van der Waals surface area (Å²) in [6.07, 6.45) is 2.97. The van der Waals surface area contributed by atoms with Gasteiger partial charge in [-0.15, -0.1) is 0 Å². The van der Waals surface area contributed by atoms with Gasteiger partial charge in [0.2, 0.25) is 0 Å². The van der Waals surface area contributed by atoms with Crippen LogP contribution in [0.4, 0.5) is 5.82 Å². The molecule has 0 aliphatic heterocycles. The summed E-state index contributed by atoms with van der Waals surface area (Å²) in [6.45, 7) is 1.69. The van der Waals surface area contributed by atoms with E-state index in [-0.39, 0.29) is 17.3 Å². The Morgan fingerprint density at radius 3 is 2.82 bits per heavy atom. The van der Waals surface area contributed by atoms with Gasteiger partial charge >= 0.3 is 0 Å². The van der Waals surface area contributed by atoms with Gasteiger partial charge in [0, 0.05) is 12.4 Å². The summed E-state index contributed by atoms with van der Waals surface area (Å²) in [6, 6.07) is 4.50. The highest BCUT2D eigenvalue weighted by Crippen LogP contribution is 2.18. The number of nitrogens with zero attached hydrogens (tertiary/aromatic N) is 3. The minimum Gasteiger partial charge on any atom is -0.504 e. The van der Waals surface area contributed by atoms with Crippen LogP contribution in [0.2, 0.25) is 0 Å². The Morgan fingerprint density at radius 1 is 1.29 bits per heavy atom. The maximum atomic E-state index is 11.8. The van der Waals surface area contributed by atoms with Crippen LogP contribution >= 0.6 is 0 Å². The highest BCUT2D eigenvalue weighted by molar-refractivity contribution is 6.02. The van der Waals surface area contributed by atoms with Gasteiger partial charge in [-0.1, -0.05) is 0 Å². The molecule has 0 radical (unpaired) electrons. The van der Waals surface area contributed by atoms with Gasteiger partial charge in [0.05, 0.1) is 0 Å². The van der Waals surface area contributed by atoms with Crippen molar-refractivity contribution < 1.29 is 9.90 Å². The summed E-state index contributed by atoms with van der Waals surface area (Å²) in [5.74, 6) is 0.0767. The average Bonchev–Trinajstić information content (AvgIpc) is 2.32. The molecule has 0 atom stereocenters. The summed E-state index contributed by atoms with van der Waals surface area (Å²) < 4.78 is 0. The monoisotopic (exact) mass is 230 g/mol. The van der Waals surface area contributed by atoms with Gasteiger partial charge in [-0.05, 0) is 25.1 Å². The van der Waals surface area contributed by atoms with Crippen molar-refractivity contribution >= 4 is 11.7 Å². The van der Waals surface area contributed by atoms with Crippen LogP contribution in [0.25, 0.3) is 0 Å². The number of carbonyl (C=O) groups is 1. The number of carbonyl (C=O) groups excluding carboxylic acids is 1. The van der Waals surface area contributed by atoms with E-state index in [1.807, 2.05) is 0 Å². The molecule has 17 heavy (non-hydrogen) atoms. The van der Waals surface area contributed by atoms with Crippen LogP contribution in [-0.2, 0) is 0 Å². The molecule has 2 heterocycles. The number of amides is 1. The first-order valence-corrected chi connectivity index (χ1v) is 4.92. The zero-order chi connectivity index (χ0) is 12.3. The predicted octanol–water partition coefficient (Wildman–Crippen LogP) is 1.14. The van der Waals surface area contributed by atoms with Gasteiger partial charge in [-0.2, -0.15) is 0 Å². The van der Waals surface area contributed by atoms with Crippen molar-refractivity contribution in [3.63, 3.8) is 0 Å². The van der Waals surface area contributed by atoms with E-state index < -0.39 is 5.91 Å². The Kier molecular flexibility index (Phi) is 2.95. The quantitative estimate of drug-likeness (QED) is 0.807. The van der Waals surface area contributed by atoms with Crippen molar-refractivity contribution in [1.82, 2.24) is 15.0 Å². The summed E-state index contributed by atoms with van der Waals surface area (Å²) in [7, 11) is 0. The van der Waals surface area contributed by atoms with Crippen molar-refractivity contribution in [2.24, 2.45) is 0 Å². The lowest BCUT2D eigenvalue weighted by Crippen LogP contribution is -2.15. The van der Waals surface area contributed by atoms with Crippen LogP contribution in [-0.4, -0.2) is 26.0 Å². The van der Waals surface area contributed by atoms with E-state index in [0.717, 1.165) is 0 Å². The standard InChI is InChI=1S/C11H10N4O2/c1-7-12-6-4-8(14-7)11(17)15-10-9(16)3-2-5-13-10/h2-6,16H,1H3,(H,13,15,17). The van der Waals surface area contributed by atoms with Crippen molar-refractivity contribution in [1.29, 1.82) is 0 Å². The van der Waals surface area contributed by atoms with E-state index in [4.69, 9.17) is 0 Å². The minimum atomic E-state index is -0.440. The fourth-order valence-electron chi connectivity index (χ4n) is 1.25. The number of rotatable bonds is 2. The Labute approximate surface area is 97.4 Å². The van der Waals surface area contributed by atoms with Crippen LogP contribution in [0.1, 0.15) is 16.3 Å². The fourth-order valence-corrected chi connectivity index (χ4v) is 1.25. The molecule has 6 nitrogen and oxygen atoms in total. The molecule has 1 amide bonds. The van der Waals surface area contributed by atoms with E-state index in [2.05, 4.69) is 20.3 Å². The molecular formula is C11H10N4O2. The predicted molar refractivity (Wildman–Crippen MR) is 60.6 cm³/mol. The molecule has 86 valence electrons. The van der Waals surface area contributed by atoms with Gasteiger partial charge in [-0.3, -0.25) is 4.79 Å². The van der Waals surface area contributed by atoms with Crippen LogP contribution < -0.4 is 5.32 Å². The molecule has 2 aromatic heterocycles. The van der Waals surface area contributed by atoms with Crippen molar-refractivity contribution in [3.8, 4) is 5.75 Å². The van der Waals surface area contributed by atoms with Gasteiger partial charge in [0.1, 0.15) is 11.5 Å². The molecule has 0 spiro atoms. The summed E-state index contributed by atoms with van der Waals surface area (Å²) in [5, 5.41) is 11.9. The zero-order valence-electron chi connectivity index (χ0n) is 9.08. The first-order chi connectivity index (χ1) is 8.16. The maximum absolute atomic E-state index is 11.8. The highest BCUT2D eigenvalue weighted by atomic mass is 16.3. The SMILES string of the molecule is Cc1nccc(C(=O)Nc2ncccc2O)n1. The van der Waals surface area contributed by atoms with Gasteiger partial charge < -0.3 is 10.4 Å². The number of pyridine rings is 1. The molecule has 0 aromatic carbocycles. The summed E-state index contributed by atoms with van der Waals surface area (Å²) in [5.41, 5.74) is 0.225. The van der Waals surface area contributed by atoms with E-state index in [1.165, 1.54) is 24.5 Å².